The number of benzene rings is 2. The Morgan fingerprint density at radius 2 is 1.53 bits per heavy atom. The van der Waals surface area contributed by atoms with Gasteiger partial charge in [-0.3, -0.25) is 4.90 Å². The third kappa shape index (κ3) is 2.83. The lowest BCUT2D eigenvalue weighted by molar-refractivity contribution is -0.784. The van der Waals surface area contributed by atoms with Crippen LogP contribution in [0.2, 0.25) is 0 Å². The van der Waals surface area contributed by atoms with Gasteiger partial charge in [-0.25, -0.2) is 0 Å². The van der Waals surface area contributed by atoms with Crippen LogP contribution >= 0.6 is 0 Å². The molecule has 94 valence electrons. The van der Waals surface area contributed by atoms with Crippen LogP contribution in [0.25, 0.3) is 5.70 Å². The smallest absolute Gasteiger partial charge is 0.139 e. The molecule has 1 atom stereocenters. The molecule has 0 saturated heterocycles. The van der Waals surface area contributed by atoms with Crippen LogP contribution in [0.5, 0.6) is 0 Å². The van der Waals surface area contributed by atoms with E-state index in [0.717, 1.165) is 13.0 Å². The molecular weight excluding hydrogens is 230 g/mol. The van der Waals surface area contributed by atoms with Crippen LogP contribution in [0.15, 0.2) is 79.0 Å². The van der Waals surface area contributed by atoms with Gasteiger partial charge in [0.25, 0.3) is 0 Å². The first kappa shape index (κ1) is 11.9. The van der Waals surface area contributed by atoms with Crippen molar-refractivity contribution in [1.29, 1.82) is 0 Å². The van der Waals surface area contributed by atoms with Crippen molar-refractivity contribution >= 4 is 5.70 Å². The molecule has 1 heteroatoms. The van der Waals surface area contributed by atoms with E-state index >= 15 is 0 Å². The van der Waals surface area contributed by atoms with Crippen LogP contribution in [0.4, 0.5) is 0 Å². The molecule has 1 aliphatic rings. The normalized spacial score (nSPS) is 18.1. The first-order valence-electron chi connectivity index (χ1n) is 6.76. The van der Waals surface area contributed by atoms with Gasteiger partial charge in [-0.2, -0.15) is 0 Å². The highest BCUT2D eigenvalue weighted by atomic mass is 15.1. The fourth-order valence-corrected chi connectivity index (χ4v) is 2.51. The van der Waals surface area contributed by atoms with Gasteiger partial charge in [0, 0.05) is 11.1 Å². The molecule has 2 aromatic carbocycles. The average molecular weight is 248 g/mol. The summed E-state index contributed by atoms with van der Waals surface area (Å²) in [5.41, 5.74) is 4.07. The minimum atomic E-state index is 0.998. The van der Waals surface area contributed by atoms with Crippen LogP contribution in [0.1, 0.15) is 17.5 Å². The zero-order valence-corrected chi connectivity index (χ0v) is 10.9. The van der Waals surface area contributed by atoms with Crippen LogP contribution in [-0.4, -0.2) is 0 Å². The first-order valence-corrected chi connectivity index (χ1v) is 6.76. The molecule has 1 heterocycles. The Morgan fingerprint density at radius 1 is 0.842 bits per heavy atom. The van der Waals surface area contributed by atoms with E-state index in [0.29, 0.717) is 0 Å². The van der Waals surface area contributed by atoms with E-state index in [1.807, 2.05) is 0 Å². The van der Waals surface area contributed by atoms with Gasteiger partial charge in [0.05, 0.1) is 6.20 Å². The molecule has 1 unspecified atom stereocenters. The Labute approximate surface area is 114 Å². The summed E-state index contributed by atoms with van der Waals surface area (Å²) in [7, 11) is 0. The number of hydrogen-bond acceptors (Lipinski definition) is 0. The summed E-state index contributed by atoms with van der Waals surface area (Å²) < 4.78 is 0. The molecule has 1 aliphatic heterocycles. The van der Waals surface area contributed by atoms with Gasteiger partial charge in [0.15, 0.2) is 0 Å². The zero-order valence-electron chi connectivity index (χ0n) is 10.9. The van der Waals surface area contributed by atoms with Crippen LogP contribution in [-0.2, 0) is 6.54 Å². The van der Waals surface area contributed by atoms with Gasteiger partial charge in [-0.05, 0) is 30.7 Å². The van der Waals surface area contributed by atoms with Crippen molar-refractivity contribution < 1.29 is 4.90 Å². The van der Waals surface area contributed by atoms with Crippen molar-refractivity contribution in [2.75, 3.05) is 0 Å². The molecular formula is C18H18N+. The van der Waals surface area contributed by atoms with E-state index in [9.17, 15) is 0 Å². The molecule has 1 nitrogen and oxygen atoms in total. The second-order valence-electron chi connectivity index (χ2n) is 4.81. The Morgan fingerprint density at radius 3 is 2.26 bits per heavy atom. The van der Waals surface area contributed by atoms with E-state index in [-0.39, 0.29) is 0 Å². The molecule has 19 heavy (non-hydrogen) atoms. The molecule has 0 amide bonds. The average Bonchev–Trinajstić information content (AvgIpc) is 2.50. The second-order valence-corrected chi connectivity index (χ2v) is 4.81. The van der Waals surface area contributed by atoms with Gasteiger partial charge in [0.2, 0.25) is 0 Å². The van der Waals surface area contributed by atoms with Crippen molar-refractivity contribution in [2.45, 2.75) is 13.0 Å². The quantitative estimate of drug-likeness (QED) is 0.851. The molecule has 0 radical (unpaired) electrons. The highest BCUT2D eigenvalue weighted by Crippen LogP contribution is 2.12. The maximum Gasteiger partial charge on any atom is 0.139 e. The van der Waals surface area contributed by atoms with Gasteiger partial charge < -0.3 is 0 Å². The van der Waals surface area contributed by atoms with E-state index < -0.39 is 0 Å². The Kier molecular flexibility index (Phi) is 3.57. The van der Waals surface area contributed by atoms with Crippen molar-refractivity contribution in [3.63, 3.8) is 0 Å². The Hall–Kier alpha value is -2.12. The molecule has 0 aromatic heterocycles. The maximum absolute atomic E-state index is 2.33. The van der Waals surface area contributed by atoms with E-state index in [2.05, 4.69) is 79.0 Å². The van der Waals surface area contributed by atoms with Crippen molar-refractivity contribution in [3.05, 3.63) is 90.1 Å². The van der Waals surface area contributed by atoms with Crippen molar-refractivity contribution in [1.82, 2.24) is 0 Å². The summed E-state index contributed by atoms with van der Waals surface area (Å²) in [6, 6.07) is 21.3. The van der Waals surface area contributed by atoms with Crippen LogP contribution < -0.4 is 4.90 Å². The number of quaternary nitrogens is 1. The van der Waals surface area contributed by atoms with Crippen molar-refractivity contribution in [3.8, 4) is 0 Å². The molecule has 0 bridgehead atoms. The number of rotatable bonds is 3. The molecule has 3 rings (SSSR count). The summed E-state index contributed by atoms with van der Waals surface area (Å²) in [6.07, 6.45) is 7.87. The molecule has 1 N–H and O–H groups in total. The summed E-state index contributed by atoms with van der Waals surface area (Å²) in [5.74, 6) is 0. The van der Waals surface area contributed by atoms with E-state index in [1.165, 1.54) is 21.7 Å². The number of nitrogens with one attached hydrogen (secondary N) is 1. The summed E-state index contributed by atoms with van der Waals surface area (Å²) in [6.45, 7) is 0.998. The predicted octanol–water partition coefficient (Wildman–Crippen LogP) is 3.03. The third-order valence-electron chi connectivity index (χ3n) is 3.45. The lowest BCUT2D eigenvalue weighted by atomic mass is 10.1. The fraction of sp³-hybridized carbons (Fsp3) is 0.111. The zero-order chi connectivity index (χ0) is 12.9. The SMILES string of the molecule is C1=C[NH+](Cc2ccccc2)C(c2ccccc2)=CC1. The molecule has 0 saturated carbocycles. The summed E-state index contributed by atoms with van der Waals surface area (Å²) >= 11 is 0. The standard InChI is InChI=1S/C18H17N/c1-3-9-16(10-4-1)15-19-14-8-7-13-18(19)17-11-5-2-6-12-17/h1-6,8-14H,7,15H2/p+1. The molecule has 2 aromatic rings. The largest absolute Gasteiger partial charge is 0.273 e. The highest BCUT2D eigenvalue weighted by Gasteiger charge is 2.17. The minimum absolute atomic E-state index is 0.998. The van der Waals surface area contributed by atoms with E-state index in [1.54, 1.807) is 0 Å². The lowest BCUT2D eigenvalue weighted by Gasteiger charge is -2.20. The highest BCUT2D eigenvalue weighted by molar-refractivity contribution is 5.59. The molecule has 0 fully saturated rings. The van der Waals surface area contributed by atoms with Gasteiger partial charge in [-0.15, -0.1) is 0 Å². The number of hydrogen-bond donors (Lipinski definition) is 1. The van der Waals surface area contributed by atoms with E-state index in [4.69, 9.17) is 0 Å². The predicted molar refractivity (Wildman–Crippen MR) is 79.3 cm³/mol. The second kappa shape index (κ2) is 5.68. The molecule has 0 aliphatic carbocycles. The van der Waals surface area contributed by atoms with Crippen LogP contribution in [0, 0.1) is 0 Å². The monoisotopic (exact) mass is 248 g/mol. The summed E-state index contributed by atoms with van der Waals surface area (Å²) in [4.78, 5) is 1.41. The van der Waals surface area contributed by atoms with Gasteiger partial charge >= 0.3 is 0 Å². The molecule has 0 spiro atoms. The summed E-state index contributed by atoms with van der Waals surface area (Å²) in [5, 5.41) is 0. The third-order valence-corrected chi connectivity index (χ3v) is 3.45. The maximum atomic E-state index is 2.33. The van der Waals surface area contributed by atoms with Crippen molar-refractivity contribution in [2.24, 2.45) is 0 Å². The topological polar surface area (TPSA) is 4.44 Å². The lowest BCUT2D eigenvalue weighted by Crippen LogP contribution is -3.03. The Balaban J connectivity index is 1.85. The number of allylic oxidation sites excluding steroid dienone is 2. The van der Waals surface area contributed by atoms with Crippen LogP contribution in [0.3, 0.4) is 0 Å². The van der Waals surface area contributed by atoms with Gasteiger partial charge in [-0.1, -0.05) is 48.5 Å². The van der Waals surface area contributed by atoms with Gasteiger partial charge in [0.1, 0.15) is 12.2 Å². The fourth-order valence-electron chi connectivity index (χ4n) is 2.51. The Bertz CT molecular complexity index is 582. The minimum Gasteiger partial charge on any atom is -0.273 e. The first-order chi connectivity index (χ1) is 9.43.